The number of halogens is 3. The highest BCUT2D eigenvalue weighted by Crippen LogP contribution is 2.39. The number of hydrogen-bond acceptors (Lipinski definition) is 8. The number of alkyl halides is 3. The van der Waals surface area contributed by atoms with Gasteiger partial charge in [-0.3, -0.25) is 4.21 Å². The van der Waals surface area contributed by atoms with Crippen LogP contribution in [0, 0.1) is 0 Å². The Hall–Kier alpha value is -2.93. The number of carbonyl (C=O) groups is 1. The Balaban J connectivity index is 1.64. The largest absolute Gasteiger partial charge is 0.444 e. The quantitative estimate of drug-likeness (QED) is 0.575. The molecule has 2 atom stereocenters. The fourth-order valence-electron chi connectivity index (χ4n) is 4.78. The highest BCUT2D eigenvalue weighted by Gasteiger charge is 2.37. The van der Waals surface area contributed by atoms with E-state index >= 15 is 0 Å². The molecule has 13 heteroatoms. The van der Waals surface area contributed by atoms with Crippen molar-refractivity contribution in [3.63, 3.8) is 0 Å². The third kappa shape index (κ3) is 6.04. The first-order valence-electron chi connectivity index (χ1n) is 12.4. The number of fused-ring (bicyclic) bond motifs is 1. The SMILES string of the molecule is CS(=O)c1nc2c(c(N3CCN(C(=O)OC(C)(C)C)C(CN)C3)n1)CCN(c1ccccc1C(F)(F)F)C2. The Morgan fingerprint density at radius 3 is 2.47 bits per heavy atom. The summed E-state index contributed by atoms with van der Waals surface area (Å²) >= 11 is 0. The maximum atomic E-state index is 13.7. The van der Waals surface area contributed by atoms with Gasteiger partial charge in [-0.25, -0.2) is 14.8 Å². The number of nitrogens with two attached hydrogens (primary N) is 1. The van der Waals surface area contributed by atoms with Gasteiger partial charge in [-0.1, -0.05) is 12.1 Å². The van der Waals surface area contributed by atoms with Crippen LogP contribution in [0.2, 0.25) is 0 Å². The molecule has 2 aromatic rings. The summed E-state index contributed by atoms with van der Waals surface area (Å²) in [5.74, 6) is 0.589. The number of hydrogen-bond donors (Lipinski definition) is 1. The average molecular weight is 555 g/mol. The second-order valence-corrected chi connectivity index (χ2v) is 11.7. The van der Waals surface area contributed by atoms with Crippen molar-refractivity contribution in [1.82, 2.24) is 14.9 Å². The van der Waals surface area contributed by atoms with Gasteiger partial charge < -0.3 is 25.2 Å². The Kier molecular flexibility index (Phi) is 7.89. The van der Waals surface area contributed by atoms with Crippen molar-refractivity contribution < 1.29 is 26.9 Å². The third-order valence-electron chi connectivity index (χ3n) is 6.51. The standard InChI is InChI=1S/C25H33F3N6O3S/c1-24(2,3)37-23(35)34-12-11-33(14-16(34)13-29)21-17-9-10-32(15-19(17)30-22(31-21)38(4)36)20-8-6-5-7-18(20)25(26,27)28/h5-8,16H,9-15,29H2,1-4H3. The normalized spacial score (nSPS) is 19.3. The molecule has 2 unspecified atom stereocenters. The molecule has 2 N–H and O–H groups in total. The number of para-hydroxylation sites is 1. The van der Waals surface area contributed by atoms with Crippen LogP contribution in [-0.4, -0.2) is 75.8 Å². The number of carbonyl (C=O) groups excluding carboxylic acids is 1. The first-order chi connectivity index (χ1) is 17.8. The van der Waals surface area contributed by atoms with E-state index in [-0.39, 0.29) is 30.0 Å². The van der Waals surface area contributed by atoms with E-state index in [9.17, 15) is 22.2 Å². The first-order valence-corrected chi connectivity index (χ1v) is 13.9. The summed E-state index contributed by atoms with van der Waals surface area (Å²) in [7, 11) is -1.51. The molecule has 1 aromatic heterocycles. The number of nitrogens with zero attached hydrogens (tertiary/aromatic N) is 5. The molecule has 1 aromatic carbocycles. The van der Waals surface area contributed by atoms with Crippen molar-refractivity contribution in [2.45, 2.75) is 56.7 Å². The maximum Gasteiger partial charge on any atom is 0.418 e. The number of anilines is 2. The maximum absolute atomic E-state index is 13.7. The lowest BCUT2D eigenvalue weighted by atomic mass is 10.0. The van der Waals surface area contributed by atoms with Crippen molar-refractivity contribution in [2.75, 3.05) is 48.8 Å². The van der Waals surface area contributed by atoms with Gasteiger partial charge in [0.2, 0.25) is 5.16 Å². The molecule has 0 bridgehead atoms. The number of aromatic nitrogens is 2. The molecular formula is C25H33F3N6O3S. The predicted octanol–water partition coefficient (Wildman–Crippen LogP) is 3.18. The molecule has 0 saturated carbocycles. The summed E-state index contributed by atoms with van der Waals surface area (Å²) in [4.78, 5) is 27.1. The summed E-state index contributed by atoms with van der Waals surface area (Å²) in [6.07, 6.45) is -3.05. The van der Waals surface area contributed by atoms with E-state index in [1.807, 2.05) is 4.90 Å². The van der Waals surface area contributed by atoms with E-state index in [1.165, 1.54) is 18.4 Å². The van der Waals surface area contributed by atoms with E-state index in [1.54, 1.807) is 36.6 Å². The van der Waals surface area contributed by atoms with E-state index in [2.05, 4.69) is 9.97 Å². The molecule has 2 aliphatic heterocycles. The fraction of sp³-hybridized carbons (Fsp3) is 0.560. The van der Waals surface area contributed by atoms with Crippen LogP contribution < -0.4 is 15.5 Å². The van der Waals surface area contributed by atoms with Crippen LogP contribution in [0.4, 0.5) is 29.5 Å². The van der Waals surface area contributed by atoms with Crippen LogP contribution in [0.25, 0.3) is 0 Å². The smallest absolute Gasteiger partial charge is 0.418 e. The summed E-state index contributed by atoms with van der Waals surface area (Å²) in [6.45, 7) is 7.25. The topological polar surface area (TPSA) is 105 Å². The molecule has 0 aliphatic carbocycles. The molecule has 208 valence electrons. The predicted molar refractivity (Wildman–Crippen MR) is 139 cm³/mol. The van der Waals surface area contributed by atoms with E-state index in [4.69, 9.17) is 10.5 Å². The van der Waals surface area contributed by atoms with E-state index < -0.39 is 34.2 Å². The number of amides is 1. The van der Waals surface area contributed by atoms with Gasteiger partial charge in [0.1, 0.15) is 11.4 Å². The minimum Gasteiger partial charge on any atom is -0.444 e. The van der Waals surface area contributed by atoms with Crippen molar-refractivity contribution >= 4 is 28.4 Å². The van der Waals surface area contributed by atoms with E-state index in [0.717, 1.165) is 11.6 Å². The van der Waals surface area contributed by atoms with Crippen molar-refractivity contribution in [3.8, 4) is 0 Å². The summed E-state index contributed by atoms with van der Waals surface area (Å²) in [5.41, 5.74) is 6.11. The van der Waals surface area contributed by atoms with Crippen LogP contribution in [0.5, 0.6) is 0 Å². The van der Waals surface area contributed by atoms with Crippen LogP contribution >= 0.6 is 0 Å². The molecule has 0 spiro atoms. The van der Waals surface area contributed by atoms with Crippen LogP contribution in [0.1, 0.15) is 37.6 Å². The van der Waals surface area contributed by atoms with Gasteiger partial charge in [0.25, 0.3) is 0 Å². The van der Waals surface area contributed by atoms with Gasteiger partial charge in [0.15, 0.2) is 0 Å². The number of benzene rings is 1. The number of ether oxygens (including phenoxy) is 1. The first kappa shape index (κ1) is 28.1. The lowest BCUT2D eigenvalue weighted by Gasteiger charge is -2.43. The second kappa shape index (κ2) is 10.7. The van der Waals surface area contributed by atoms with Gasteiger partial charge in [-0.05, 0) is 39.3 Å². The van der Waals surface area contributed by atoms with Crippen molar-refractivity contribution in [3.05, 3.63) is 41.1 Å². The zero-order valence-electron chi connectivity index (χ0n) is 21.9. The molecule has 1 saturated heterocycles. The minimum atomic E-state index is -4.49. The van der Waals surface area contributed by atoms with Crippen molar-refractivity contribution in [2.24, 2.45) is 5.73 Å². The zero-order valence-corrected chi connectivity index (χ0v) is 22.7. The molecule has 4 rings (SSSR count). The number of piperazine rings is 1. The summed E-state index contributed by atoms with van der Waals surface area (Å²) in [5, 5.41) is 0.114. The monoisotopic (exact) mass is 554 g/mol. The van der Waals surface area contributed by atoms with Crippen molar-refractivity contribution in [1.29, 1.82) is 0 Å². The Labute approximate surface area is 222 Å². The zero-order chi connectivity index (χ0) is 27.8. The average Bonchev–Trinajstić information content (AvgIpc) is 2.85. The lowest BCUT2D eigenvalue weighted by molar-refractivity contribution is -0.137. The molecule has 2 aliphatic rings. The highest BCUT2D eigenvalue weighted by molar-refractivity contribution is 7.84. The van der Waals surface area contributed by atoms with Crippen LogP contribution in [-0.2, 0) is 34.7 Å². The molecule has 9 nitrogen and oxygen atoms in total. The molecular weight excluding hydrogens is 521 g/mol. The van der Waals surface area contributed by atoms with Crippen LogP contribution in [0.3, 0.4) is 0 Å². The molecule has 1 fully saturated rings. The molecule has 1 amide bonds. The second-order valence-electron chi connectivity index (χ2n) is 10.4. The molecule has 3 heterocycles. The van der Waals surface area contributed by atoms with E-state index in [0.29, 0.717) is 44.1 Å². The fourth-order valence-corrected chi connectivity index (χ4v) is 5.24. The van der Waals surface area contributed by atoms with Gasteiger partial charge in [0.05, 0.1) is 34.6 Å². The van der Waals surface area contributed by atoms with Gasteiger partial charge in [-0.2, -0.15) is 13.2 Å². The van der Waals surface area contributed by atoms with Gasteiger partial charge >= 0.3 is 12.3 Å². The lowest BCUT2D eigenvalue weighted by Crippen LogP contribution is -2.59. The summed E-state index contributed by atoms with van der Waals surface area (Å²) in [6, 6.07) is 5.14. The Morgan fingerprint density at radius 1 is 1.13 bits per heavy atom. The summed E-state index contributed by atoms with van der Waals surface area (Å²) < 4.78 is 59.0. The Bertz CT molecular complexity index is 1220. The highest BCUT2D eigenvalue weighted by atomic mass is 32.2. The molecule has 38 heavy (non-hydrogen) atoms. The Morgan fingerprint density at radius 2 is 1.84 bits per heavy atom. The van der Waals surface area contributed by atoms with Gasteiger partial charge in [-0.15, -0.1) is 0 Å². The van der Waals surface area contributed by atoms with Crippen LogP contribution in [0.15, 0.2) is 29.4 Å². The molecule has 0 radical (unpaired) electrons. The van der Waals surface area contributed by atoms with Gasteiger partial charge in [0, 0.05) is 50.2 Å². The minimum absolute atomic E-state index is 0.0825. The number of rotatable bonds is 4. The third-order valence-corrected chi connectivity index (χ3v) is 7.21.